The predicted octanol–water partition coefficient (Wildman–Crippen LogP) is 3.82. The zero-order chi connectivity index (χ0) is 18.3. The van der Waals surface area contributed by atoms with Crippen molar-refractivity contribution in [2.24, 2.45) is 0 Å². The summed E-state index contributed by atoms with van der Waals surface area (Å²) in [5.41, 5.74) is 3.01. The summed E-state index contributed by atoms with van der Waals surface area (Å²) in [6.45, 7) is 3.99. The first-order valence-electron chi connectivity index (χ1n) is 8.36. The lowest BCUT2D eigenvalue weighted by molar-refractivity contribution is 0.426. The smallest absolute Gasteiger partial charge is 0.267 e. The lowest BCUT2D eigenvalue weighted by Crippen LogP contribution is -2.09. The predicted molar refractivity (Wildman–Crippen MR) is 99.1 cm³/mol. The zero-order valence-electron chi connectivity index (χ0n) is 14.4. The molecule has 6 nitrogen and oxygen atoms in total. The van der Waals surface area contributed by atoms with E-state index in [0.717, 1.165) is 17.5 Å². The highest BCUT2D eigenvalue weighted by molar-refractivity contribution is 5.90. The standard InChI is InChI=1S/C20H17N3O3/c1-3-12-5-7-13(8-6-12)18-22-20(26-23-18)16-17(24)14-10-11(2)4-9-15(14)21-19(16)25/h4-10H,3H2,1-2H3,(H2,21,24,25). The van der Waals surface area contributed by atoms with E-state index in [1.807, 2.05) is 37.3 Å². The number of H-pyrrole nitrogens is 1. The van der Waals surface area contributed by atoms with Gasteiger partial charge in [-0.05, 0) is 31.0 Å². The molecule has 0 saturated carbocycles. The van der Waals surface area contributed by atoms with Gasteiger partial charge in [-0.15, -0.1) is 0 Å². The van der Waals surface area contributed by atoms with E-state index in [1.165, 1.54) is 5.56 Å². The normalized spacial score (nSPS) is 11.2. The van der Waals surface area contributed by atoms with Crippen LogP contribution in [0.4, 0.5) is 0 Å². The van der Waals surface area contributed by atoms with Crippen molar-refractivity contribution in [2.75, 3.05) is 0 Å². The molecule has 4 aromatic rings. The third-order valence-corrected chi connectivity index (χ3v) is 4.40. The van der Waals surface area contributed by atoms with Crippen LogP contribution in [0.1, 0.15) is 18.1 Å². The molecule has 0 unspecified atom stereocenters. The van der Waals surface area contributed by atoms with Crippen molar-refractivity contribution in [1.29, 1.82) is 0 Å². The van der Waals surface area contributed by atoms with E-state index in [2.05, 4.69) is 22.0 Å². The monoisotopic (exact) mass is 347 g/mol. The summed E-state index contributed by atoms with van der Waals surface area (Å²) in [5, 5.41) is 15.1. The Labute approximate surface area is 149 Å². The van der Waals surface area contributed by atoms with E-state index in [9.17, 15) is 9.90 Å². The Morgan fingerprint density at radius 2 is 1.92 bits per heavy atom. The van der Waals surface area contributed by atoms with E-state index < -0.39 is 5.56 Å². The minimum Gasteiger partial charge on any atom is -0.506 e. The van der Waals surface area contributed by atoms with Crippen LogP contribution < -0.4 is 5.56 Å². The van der Waals surface area contributed by atoms with E-state index in [4.69, 9.17) is 4.52 Å². The average Bonchev–Trinajstić information content (AvgIpc) is 3.12. The van der Waals surface area contributed by atoms with Crippen molar-refractivity contribution < 1.29 is 9.63 Å². The van der Waals surface area contributed by atoms with Crippen molar-refractivity contribution in [1.82, 2.24) is 15.1 Å². The van der Waals surface area contributed by atoms with Crippen LogP contribution in [0.15, 0.2) is 51.8 Å². The summed E-state index contributed by atoms with van der Waals surface area (Å²) < 4.78 is 5.26. The maximum Gasteiger partial charge on any atom is 0.267 e. The highest BCUT2D eigenvalue weighted by Crippen LogP contribution is 2.32. The summed E-state index contributed by atoms with van der Waals surface area (Å²) in [5.74, 6) is 0.191. The maximum atomic E-state index is 12.4. The first-order valence-corrected chi connectivity index (χ1v) is 8.36. The molecule has 0 aliphatic rings. The van der Waals surface area contributed by atoms with E-state index in [1.54, 1.807) is 12.1 Å². The van der Waals surface area contributed by atoms with Crippen LogP contribution in [0, 0.1) is 6.92 Å². The molecule has 0 radical (unpaired) electrons. The number of hydrogen-bond acceptors (Lipinski definition) is 5. The highest BCUT2D eigenvalue weighted by Gasteiger charge is 2.20. The number of aromatic nitrogens is 3. The number of fused-ring (bicyclic) bond motifs is 1. The molecule has 26 heavy (non-hydrogen) atoms. The molecule has 130 valence electrons. The molecule has 0 atom stereocenters. The summed E-state index contributed by atoms with van der Waals surface area (Å²) in [4.78, 5) is 19.5. The molecule has 0 bridgehead atoms. The molecule has 0 aliphatic carbocycles. The summed E-state index contributed by atoms with van der Waals surface area (Å²) in [6.07, 6.45) is 0.942. The highest BCUT2D eigenvalue weighted by atomic mass is 16.5. The van der Waals surface area contributed by atoms with Crippen LogP contribution in [-0.2, 0) is 6.42 Å². The van der Waals surface area contributed by atoms with Crippen molar-refractivity contribution >= 4 is 10.9 Å². The second-order valence-corrected chi connectivity index (χ2v) is 6.20. The van der Waals surface area contributed by atoms with Gasteiger partial charge in [-0.25, -0.2) is 0 Å². The first kappa shape index (κ1) is 16.1. The molecule has 0 spiro atoms. The minimum absolute atomic E-state index is 0.0123. The number of hydrogen-bond donors (Lipinski definition) is 2. The van der Waals surface area contributed by atoms with Gasteiger partial charge in [0.25, 0.3) is 11.4 Å². The molecule has 0 fully saturated rings. The fraction of sp³-hybridized carbons (Fsp3) is 0.150. The third-order valence-electron chi connectivity index (χ3n) is 4.40. The Balaban J connectivity index is 1.83. The van der Waals surface area contributed by atoms with Gasteiger partial charge in [-0.1, -0.05) is 48.0 Å². The van der Waals surface area contributed by atoms with E-state index in [0.29, 0.717) is 16.7 Å². The van der Waals surface area contributed by atoms with Gasteiger partial charge >= 0.3 is 0 Å². The van der Waals surface area contributed by atoms with Crippen molar-refractivity contribution in [3.8, 4) is 28.6 Å². The molecule has 6 heteroatoms. The van der Waals surface area contributed by atoms with Crippen molar-refractivity contribution in [2.45, 2.75) is 20.3 Å². The number of nitrogens with zero attached hydrogens (tertiary/aromatic N) is 2. The molecular weight excluding hydrogens is 330 g/mol. The van der Waals surface area contributed by atoms with Crippen LogP contribution in [0.2, 0.25) is 0 Å². The fourth-order valence-corrected chi connectivity index (χ4v) is 2.92. The van der Waals surface area contributed by atoms with Crippen molar-refractivity contribution in [3.05, 3.63) is 63.9 Å². The third kappa shape index (κ3) is 2.65. The van der Waals surface area contributed by atoms with Crippen molar-refractivity contribution in [3.63, 3.8) is 0 Å². The lowest BCUT2D eigenvalue weighted by atomic mass is 10.1. The summed E-state index contributed by atoms with van der Waals surface area (Å²) >= 11 is 0. The van der Waals surface area contributed by atoms with Gasteiger partial charge in [-0.3, -0.25) is 4.79 Å². The summed E-state index contributed by atoms with van der Waals surface area (Å²) in [6, 6.07) is 13.2. The first-order chi connectivity index (χ1) is 12.6. The lowest BCUT2D eigenvalue weighted by Gasteiger charge is -2.05. The topological polar surface area (TPSA) is 92.0 Å². The average molecular weight is 347 g/mol. The second-order valence-electron chi connectivity index (χ2n) is 6.20. The van der Waals surface area contributed by atoms with Gasteiger partial charge in [0, 0.05) is 10.9 Å². The molecule has 2 aromatic heterocycles. The van der Waals surface area contributed by atoms with Crippen LogP contribution in [-0.4, -0.2) is 20.2 Å². The second kappa shape index (κ2) is 6.15. The molecule has 0 aliphatic heterocycles. The van der Waals surface area contributed by atoms with Gasteiger partial charge in [0.05, 0.1) is 5.52 Å². The van der Waals surface area contributed by atoms with E-state index in [-0.39, 0.29) is 17.2 Å². The number of nitrogens with one attached hydrogen (secondary N) is 1. The molecular formula is C20H17N3O3. The number of benzene rings is 2. The molecule has 0 saturated heterocycles. The van der Waals surface area contributed by atoms with Gasteiger partial charge < -0.3 is 14.6 Å². The Bertz CT molecular complexity index is 1160. The number of aromatic amines is 1. The Hall–Kier alpha value is -3.41. The van der Waals surface area contributed by atoms with Gasteiger partial charge in [-0.2, -0.15) is 4.98 Å². The Kier molecular flexibility index (Phi) is 3.80. The molecule has 4 rings (SSSR count). The van der Waals surface area contributed by atoms with Crippen LogP contribution in [0.5, 0.6) is 5.75 Å². The van der Waals surface area contributed by atoms with Gasteiger partial charge in [0.1, 0.15) is 11.3 Å². The number of aromatic hydroxyl groups is 1. The molecule has 2 heterocycles. The molecule has 0 amide bonds. The van der Waals surface area contributed by atoms with Gasteiger partial charge in [0.2, 0.25) is 5.82 Å². The van der Waals surface area contributed by atoms with Crippen LogP contribution >= 0.6 is 0 Å². The summed E-state index contributed by atoms with van der Waals surface area (Å²) in [7, 11) is 0. The molecule has 2 N–H and O–H groups in total. The van der Waals surface area contributed by atoms with Crippen LogP contribution in [0.25, 0.3) is 33.7 Å². The number of pyridine rings is 1. The largest absolute Gasteiger partial charge is 0.506 e. The van der Waals surface area contributed by atoms with E-state index >= 15 is 0 Å². The maximum absolute atomic E-state index is 12.4. The Morgan fingerprint density at radius 3 is 2.65 bits per heavy atom. The fourth-order valence-electron chi connectivity index (χ4n) is 2.92. The van der Waals surface area contributed by atoms with Crippen LogP contribution in [0.3, 0.4) is 0 Å². The SMILES string of the molecule is CCc1ccc(-c2noc(-c3c(O)c4cc(C)ccc4[nH]c3=O)n2)cc1. The number of rotatable bonds is 3. The van der Waals surface area contributed by atoms with Gasteiger partial charge in [0.15, 0.2) is 0 Å². The quantitative estimate of drug-likeness (QED) is 0.588. The minimum atomic E-state index is -0.476. The number of aryl methyl sites for hydroxylation is 2. The molecule has 2 aromatic carbocycles. The Morgan fingerprint density at radius 1 is 1.15 bits per heavy atom. The zero-order valence-corrected chi connectivity index (χ0v) is 14.4.